The van der Waals surface area contributed by atoms with Crippen LogP contribution in [0.4, 0.5) is 0 Å². The number of para-hydroxylation sites is 1. The number of hydrogen-bond donors (Lipinski definition) is 1. The van der Waals surface area contributed by atoms with Crippen LogP contribution in [-0.2, 0) is 24.4 Å². The van der Waals surface area contributed by atoms with Crippen molar-refractivity contribution in [1.82, 2.24) is 20.0 Å². The molecule has 1 aliphatic heterocycles. The van der Waals surface area contributed by atoms with Gasteiger partial charge < -0.3 is 15.0 Å². The SMILES string of the molecule is COc1ccccc1CN1C(=O)c2cc(-c3ccccc3)nn2C[C@@]1(C)C(=O)NCc1ccccc1. The fourth-order valence-electron chi connectivity index (χ4n) is 4.61. The van der Waals surface area contributed by atoms with Crippen molar-refractivity contribution in [2.45, 2.75) is 32.1 Å². The van der Waals surface area contributed by atoms with Crippen molar-refractivity contribution in [2.24, 2.45) is 0 Å². The van der Waals surface area contributed by atoms with Gasteiger partial charge >= 0.3 is 0 Å². The van der Waals surface area contributed by atoms with Gasteiger partial charge in [0.25, 0.3) is 5.91 Å². The van der Waals surface area contributed by atoms with Gasteiger partial charge in [-0.25, -0.2) is 0 Å². The summed E-state index contributed by atoms with van der Waals surface area (Å²) in [5.74, 6) is 0.178. The van der Waals surface area contributed by atoms with Gasteiger partial charge in [-0.2, -0.15) is 5.10 Å². The molecule has 182 valence electrons. The van der Waals surface area contributed by atoms with E-state index in [1.54, 1.807) is 29.7 Å². The molecule has 36 heavy (non-hydrogen) atoms. The van der Waals surface area contributed by atoms with Gasteiger partial charge in [0.1, 0.15) is 17.0 Å². The average Bonchev–Trinajstić information content (AvgIpc) is 3.35. The Hall–Kier alpha value is -4.39. The number of rotatable bonds is 7. The second kappa shape index (κ2) is 9.70. The summed E-state index contributed by atoms with van der Waals surface area (Å²) < 4.78 is 7.19. The Bertz CT molecular complexity index is 1380. The fraction of sp³-hybridized carbons (Fsp3) is 0.207. The van der Waals surface area contributed by atoms with Crippen LogP contribution in [0.15, 0.2) is 91.0 Å². The van der Waals surface area contributed by atoms with Crippen molar-refractivity contribution < 1.29 is 14.3 Å². The van der Waals surface area contributed by atoms with Gasteiger partial charge in [-0.05, 0) is 24.6 Å². The molecule has 0 aliphatic carbocycles. The van der Waals surface area contributed by atoms with Crippen molar-refractivity contribution in [3.05, 3.63) is 108 Å². The Morgan fingerprint density at radius 3 is 2.39 bits per heavy atom. The number of aromatic nitrogens is 2. The number of benzene rings is 3. The third-order valence-electron chi connectivity index (χ3n) is 6.67. The van der Waals surface area contributed by atoms with Crippen LogP contribution in [0, 0.1) is 0 Å². The van der Waals surface area contributed by atoms with E-state index >= 15 is 0 Å². The first-order valence-electron chi connectivity index (χ1n) is 11.9. The minimum absolute atomic E-state index is 0.226. The lowest BCUT2D eigenvalue weighted by Gasteiger charge is -2.43. The number of nitrogens with one attached hydrogen (secondary N) is 1. The molecule has 0 fully saturated rings. The number of carbonyl (C=O) groups excluding carboxylic acids is 2. The number of fused-ring (bicyclic) bond motifs is 1. The van der Waals surface area contributed by atoms with Crippen LogP contribution < -0.4 is 10.1 Å². The van der Waals surface area contributed by atoms with E-state index in [0.29, 0.717) is 23.7 Å². The molecule has 3 aromatic carbocycles. The molecule has 7 heteroatoms. The summed E-state index contributed by atoms with van der Waals surface area (Å²) in [5, 5.41) is 7.75. The Labute approximate surface area is 210 Å². The molecule has 2 amide bonds. The maximum Gasteiger partial charge on any atom is 0.273 e. The summed E-state index contributed by atoms with van der Waals surface area (Å²) in [6.45, 7) is 2.63. The summed E-state index contributed by atoms with van der Waals surface area (Å²) >= 11 is 0. The van der Waals surface area contributed by atoms with Gasteiger partial charge in [0.15, 0.2) is 0 Å². The van der Waals surface area contributed by atoms with Gasteiger partial charge in [-0.15, -0.1) is 0 Å². The maximum absolute atomic E-state index is 13.9. The zero-order valence-corrected chi connectivity index (χ0v) is 20.3. The summed E-state index contributed by atoms with van der Waals surface area (Å²) in [7, 11) is 1.60. The molecule has 0 spiro atoms. The number of ether oxygens (including phenoxy) is 1. The molecule has 1 aromatic heterocycles. The van der Waals surface area contributed by atoms with E-state index in [0.717, 1.165) is 16.7 Å². The average molecular weight is 481 g/mol. The second-order valence-corrected chi connectivity index (χ2v) is 9.08. The normalized spacial score (nSPS) is 16.9. The number of carbonyl (C=O) groups is 2. The molecule has 0 saturated carbocycles. The Morgan fingerprint density at radius 1 is 1.00 bits per heavy atom. The Balaban J connectivity index is 1.52. The minimum atomic E-state index is -1.17. The van der Waals surface area contributed by atoms with E-state index in [-0.39, 0.29) is 24.9 Å². The third-order valence-corrected chi connectivity index (χ3v) is 6.67. The fourth-order valence-corrected chi connectivity index (χ4v) is 4.61. The molecular weight excluding hydrogens is 452 g/mol. The summed E-state index contributed by atoms with van der Waals surface area (Å²) in [4.78, 5) is 29.2. The smallest absolute Gasteiger partial charge is 0.273 e. The van der Waals surface area contributed by atoms with Gasteiger partial charge in [0, 0.05) is 17.7 Å². The number of nitrogens with zero attached hydrogens (tertiary/aromatic N) is 3. The standard InChI is InChI=1S/C29H28N4O3/c1-29(28(35)30-18-21-11-5-3-6-12-21)20-33-25(17-24(31-33)22-13-7-4-8-14-22)27(34)32(29)19-23-15-9-10-16-26(23)36-2/h3-17H,18-20H2,1-2H3,(H,30,35)/t29-/m0/s1. The highest BCUT2D eigenvalue weighted by Crippen LogP contribution is 2.33. The van der Waals surface area contributed by atoms with Crippen molar-refractivity contribution in [2.75, 3.05) is 7.11 Å². The maximum atomic E-state index is 13.9. The molecule has 7 nitrogen and oxygen atoms in total. The third kappa shape index (κ3) is 4.35. The molecule has 1 aliphatic rings. The quantitative estimate of drug-likeness (QED) is 0.428. The van der Waals surface area contributed by atoms with Crippen LogP contribution in [0.25, 0.3) is 11.3 Å². The van der Waals surface area contributed by atoms with Crippen LogP contribution in [0.3, 0.4) is 0 Å². The summed E-state index contributed by atoms with van der Waals surface area (Å²) in [6.07, 6.45) is 0. The molecule has 5 rings (SSSR count). The van der Waals surface area contributed by atoms with Gasteiger partial charge in [0.2, 0.25) is 5.91 Å². The van der Waals surface area contributed by atoms with Crippen molar-refractivity contribution in [3.63, 3.8) is 0 Å². The zero-order chi connectivity index (χ0) is 25.1. The van der Waals surface area contributed by atoms with Crippen LogP contribution in [0.5, 0.6) is 5.75 Å². The predicted octanol–water partition coefficient (Wildman–Crippen LogP) is 4.29. The van der Waals surface area contributed by atoms with Crippen LogP contribution >= 0.6 is 0 Å². The second-order valence-electron chi connectivity index (χ2n) is 9.08. The van der Waals surface area contributed by atoms with Crippen LogP contribution in [-0.4, -0.2) is 39.1 Å². The topological polar surface area (TPSA) is 76.5 Å². The zero-order valence-electron chi connectivity index (χ0n) is 20.3. The first kappa shape index (κ1) is 23.4. The highest BCUT2D eigenvalue weighted by molar-refractivity contribution is 6.00. The van der Waals surface area contributed by atoms with Crippen molar-refractivity contribution >= 4 is 11.8 Å². The number of hydrogen-bond acceptors (Lipinski definition) is 4. The summed E-state index contributed by atoms with van der Waals surface area (Å²) in [6, 6.07) is 28.8. The van der Waals surface area contributed by atoms with E-state index in [4.69, 9.17) is 9.84 Å². The predicted molar refractivity (Wildman–Crippen MR) is 137 cm³/mol. The van der Waals surface area contributed by atoms with E-state index in [9.17, 15) is 9.59 Å². The Morgan fingerprint density at radius 2 is 1.67 bits per heavy atom. The Kier molecular flexibility index (Phi) is 6.29. The molecule has 0 bridgehead atoms. The molecule has 0 saturated heterocycles. The van der Waals surface area contributed by atoms with E-state index in [2.05, 4.69) is 5.32 Å². The van der Waals surface area contributed by atoms with Crippen LogP contribution in [0.1, 0.15) is 28.5 Å². The first-order valence-corrected chi connectivity index (χ1v) is 11.9. The molecular formula is C29H28N4O3. The van der Waals surface area contributed by atoms with Crippen molar-refractivity contribution in [1.29, 1.82) is 0 Å². The minimum Gasteiger partial charge on any atom is -0.496 e. The highest BCUT2D eigenvalue weighted by atomic mass is 16.5. The monoisotopic (exact) mass is 480 g/mol. The molecule has 1 atom stereocenters. The molecule has 4 aromatic rings. The van der Waals surface area contributed by atoms with Gasteiger partial charge in [-0.1, -0.05) is 78.9 Å². The highest BCUT2D eigenvalue weighted by Gasteiger charge is 2.48. The number of methoxy groups -OCH3 is 1. The lowest BCUT2D eigenvalue weighted by molar-refractivity contribution is -0.133. The van der Waals surface area contributed by atoms with E-state index in [1.165, 1.54) is 0 Å². The number of amides is 2. The summed E-state index contributed by atoms with van der Waals surface area (Å²) in [5.41, 5.74) is 2.71. The van der Waals surface area contributed by atoms with Crippen LogP contribution in [0.2, 0.25) is 0 Å². The lowest BCUT2D eigenvalue weighted by atomic mass is 9.93. The van der Waals surface area contributed by atoms with Gasteiger partial charge in [0.05, 0.1) is 25.9 Å². The molecule has 0 radical (unpaired) electrons. The molecule has 0 unspecified atom stereocenters. The largest absolute Gasteiger partial charge is 0.496 e. The van der Waals surface area contributed by atoms with E-state index in [1.807, 2.05) is 84.9 Å². The lowest BCUT2D eigenvalue weighted by Crippen LogP contribution is -2.63. The first-order chi connectivity index (χ1) is 17.5. The van der Waals surface area contributed by atoms with E-state index < -0.39 is 5.54 Å². The molecule has 2 heterocycles. The molecule has 1 N–H and O–H groups in total. The van der Waals surface area contributed by atoms with Crippen molar-refractivity contribution in [3.8, 4) is 17.0 Å². The van der Waals surface area contributed by atoms with Gasteiger partial charge in [-0.3, -0.25) is 14.3 Å².